The van der Waals surface area contributed by atoms with Gasteiger partial charge in [0.05, 0.1) is 18.8 Å². The lowest BCUT2D eigenvalue weighted by atomic mass is 10.0. The number of hydrogen-bond donors (Lipinski definition) is 3. The van der Waals surface area contributed by atoms with Crippen molar-refractivity contribution < 1.29 is 15.0 Å². The lowest BCUT2D eigenvalue weighted by molar-refractivity contribution is -0.123. The second-order valence-electron chi connectivity index (χ2n) is 14.8. The summed E-state index contributed by atoms with van der Waals surface area (Å²) in [4.78, 5) is 12.2. The van der Waals surface area contributed by atoms with E-state index in [-0.39, 0.29) is 12.5 Å². The van der Waals surface area contributed by atoms with E-state index in [2.05, 4.69) is 31.3 Å². The maximum absolute atomic E-state index is 12.2. The average molecular weight is 676 g/mol. The van der Waals surface area contributed by atoms with Crippen LogP contribution in [0, 0.1) is 0 Å². The monoisotopic (exact) mass is 676 g/mol. The van der Waals surface area contributed by atoms with Crippen molar-refractivity contribution in [1.82, 2.24) is 5.32 Å². The number of hydrogen-bond acceptors (Lipinski definition) is 3. The van der Waals surface area contributed by atoms with Crippen LogP contribution in [-0.4, -0.2) is 34.9 Å². The van der Waals surface area contributed by atoms with E-state index < -0.39 is 12.1 Å². The third-order valence-corrected chi connectivity index (χ3v) is 9.93. The molecule has 0 aliphatic rings. The zero-order chi connectivity index (χ0) is 35.0. The van der Waals surface area contributed by atoms with E-state index in [1.807, 2.05) is 6.08 Å². The minimum atomic E-state index is -0.831. The van der Waals surface area contributed by atoms with Gasteiger partial charge in [0.15, 0.2) is 0 Å². The van der Waals surface area contributed by atoms with Crippen LogP contribution >= 0.6 is 0 Å². The molecule has 2 atom stereocenters. The standard InChI is InChI=1S/C44H85NO3/c1-3-5-7-9-10-11-12-13-14-15-16-17-18-19-20-21-22-23-24-25-26-27-28-29-30-31-32-33-34-36-38-40-44(48)45-42(41-46)43(47)39-37-35-8-6-4-2/h15-16,37,39,42-43,46-47H,3-14,17-36,38,40-41H2,1-2H3,(H,45,48)/b16-15-,39-37+. The maximum Gasteiger partial charge on any atom is 0.220 e. The SMILES string of the molecule is CCCCC/C=C/C(O)C(CO)NC(=O)CCCCCCCCCCCCCCCCCCCCC/C=C\CCCCCCCCCC. The lowest BCUT2D eigenvalue weighted by Crippen LogP contribution is -2.45. The first-order valence-electron chi connectivity index (χ1n) is 21.6. The first kappa shape index (κ1) is 46.9. The minimum absolute atomic E-state index is 0.0686. The first-order valence-corrected chi connectivity index (χ1v) is 21.6. The van der Waals surface area contributed by atoms with Crippen LogP contribution in [0.2, 0.25) is 0 Å². The van der Waals surface area contributed by atoms with Gasteiger partial charge in [-0.05, 0) is 44.9 Å². The molecular weight excluding hydrogens is 590 g/mol. The van der Waals surface area contributed by atoms with Crippen molar-refractivity contribution in [3.05, 3.63) is 24.3 Å². The number of unbranched alkanes of at least 4 members (excludes halogenated alkanes) is 30. The summed E-state index contributed by atoms with van der Waals surface area (Å²) < 4.78 is 0. The number of aliphatic hydroxyl groups is 2. The molecular formula is C44H85NO3. The van der Waals surface area contributed by atoms with Crippen LogP contribution in [0.15, 0.2) is 24.3 Å². The molecule has 0 aromatic heterocycles. The number of aliphatic hydroxyl groups excluding tert-OH is 2. The molecule has 0 aromatic rings. The summed E-state index contributed by atoms with van der Waals surface area (Å²) in [6, 6.07) is -0.614. The van der Waals surface area contributed by atoms with Crippen LogP contribution < -0.4 is 5.32 Å². The Morgan fingerprint density at radius 3 is 1.19 bits per heavy atom. The second kappa shape index (κ2) is 40.3. The molecule has 48 heavy (non-hydrogen) atoms. The molecule has 3 N–H and O–H groups in total. The van der Waals surface area contributed by atoms with Crippen molar-refractivity contribution in [2.45, 2.75) is 244 Å². The van der Waals surface area contributed by atoms with Gasteiger partial charge in [0.1, 0.15) is 0 Å². The molecule has 0 aliphatic heterocycles. The predicted molar refractivity (Wildman–Crippen MR) is 212 cm³/mol. The summed E-state index contributed by atoms with van der Waals surface area (Å²) in [6.45, 7) is 4.21. The van der Waals surface area contributed by atoms with Crippen LogP contribution in [-0.2, 0) is 4.79 Å². The van der Waals surface area contributed by atoms with Gasteiger partial charge in [0, 0.05) is 6.42 Å². The van der Waals surface area contributed by atoms with Crippen LogP contribution in [0.25, 0.3) is 0 Å². The molecule has 284 valence electrons. The van der Waals surface area contributed by atoms with E-state index >= 15 is 0 Å². The van der Waals surface area contributed by atoms with Gasteiger partial charge >= 0.3 is 0 Å². The van der Waals surface area contributed by atoms with Crippen molar-refractivity contribution in [2.24, 2.45) is 0 Å². The predicted octanol–water partition coefficient (Wildman–Crippen LogP) is 13.2. The molecule has 0 bridgehead atoms. The fourth-order valence-electron chi connectivity index (χ4n) is 6.58. The number of allylic oxidation sites excluding steroid dienone is 3. The highest BCUT2D eigenvalue weighted by molar-refractivity contribution is 5.76. The molecule has 2 unspecified atom stereocenters. The highest BCUT2D eigenvalue weighted by Gasteiger charge is 2.17. The molecule has 0 saturated carbocycles. The van der Waals surface area contributed by atoms with E-state index in [4.69, 9.17) is 0 Å². The lowest BCUT2D eigenvalue weighted by Gasteiger charge is -2.20. The maximum atomic E-state index is 12.2. The van der Waals surface area contributed by atoms with Crippen molar-refractivity contribution in [3.63, 3.8) is 0 Å². The number of carbonyl (C=O) groups is 1. The normalized spacial score (nSPS) is 13.2. The minimum Gasteiger partial charge on any atom is -0.394 e. The topological polar surface area (TPSA) is 69.6 Å². The number of amides is 1. The zero-order valence-electron chi connectivity index (χ0n) is 32.5. The quantitative estimate of drug-likeness (QED) is 0.0448. The summed E-state index contributed by atoms with van der Waals surface area (Å²) >= 11 is 0. The Morgan fingerprint density at radius 1 is 0.479 bits per heavy atom. The van der Waals surface area contributed by atoms with Gasteiger partial charge in [0.25, 0.3) is 0 Å². The van der Waals surface area contributed by atoms with Gasteiger partial charge in [0.2, 0.25) is 5.91 Å². The molecule has 1 amide bonds. The van der Waals surface area contributed by atoms with Crippen LogP contribution in [0.5, 0.6) is 0 Å². The molecule has 0 rings (SSSR count). The van der Waals surface area contributed by atoms with Crippen LogP contribution in [0.4, 0.5) is 0 Å². The first-order chi connectivity index (χ1) is 23.7. The molecule has 4 nitrogen and oxygen atoms in total. The Hall–Kier alpha value is -1.13. The Morgan fingerprint density at radius 2 is 0.792 bits per heavy atom. The van der Waals surface area contributed by atoms with Gasteiger partial charge in [-0.1, -0.05) is 205 Å². The molecule has 0 aromatic carbocycles. The summed E-state index contributed by atoms with van der Waals surface area (Å²) in [5.41, 5.74) is 0. The fraction of sp³-hybridized carbons (Fsp3) is 0.886. The van der Waals surface area contributed by atoms with Crippen molar-refractivity contribution >= 4 is 5.91 Å². The summed E-state index contributed by atoms with van der Waals surface area (Å²) in [5, 5.41) is 22.6. The van der Waals surface area contributed by atoms with Gasteiger partial charge in [-0.2, -0.15) is 0 Å². The van der Waals surface area contributed by atoms with E-state index in [1.165, 1.54) is 186 Å². The smallest absolute Gasteiger partial charge is 0.220 e. The fourth-order valence-corrected chi connectivity index (χ4v) is 6.58. The molecule has 0 fully saturated rings. The Labute approximate surface area is 300 Å². The van der Waals surface area contributed by atoms with Gasteiger partial charge < -0.3 is 15.5 Å². The van der Waals surface area contributed by atoms with E-state index in [9.17, 15) is 15.0 Å². The van der Waals surface area contributed by atoms with Crippen molar-refractivity contribution in [1.29, 1.82) is 0 Å². The van der Waals surface area contributed by atoms with Crippen molar-refractivity contribution in [2.75, 3.05) is 6.61 Å². The Bertz CT molecular complexity index is 691. The third kappa shape index (κ3) is 36.2. The molecule has 0 spiro atoms. The molecule has 0 heterocycles. The van der Waals surface area contributed by atoms with E-state index in [0.717, 1.165) is 25.7 Å². The Balaban J connectivity index is 3.33. The number of rotatable bonds is 39. The molecule has 0 saturated heterocycles. The summed E-state index contributed by atoms with van der Waals surface area (Å²) in [7, 11) is 0. The highest BCUT2D eigenvalue weighted by atomic mass is 16.3. The van der Waals surface area contributed by atoms with Crippen molar-refractivity contribution in [3.8, 4) is 0 Å². The number of carbonyl (C=O) groups excluding carboxylic acids is 1. The second-order valence-corrected chi connectivity index (χ2v) is 14.8. The summed E-state index contributed by atoms with van der Waals surface area (Å²) in [6.07, 6.45) is 52.0. The Kier molecular flexibility index (Phi) is 39.4. The average Bonchev–Trinajstić information content (AvgIpc) is 3.09. The van der Waals surface area contributed by atoms with Gasteiger partial charge in [-0.3, -0.25) is 4.79 Å². The molecule has 0 aliphatic carbocycles. The highest BCUT2D eigenvalue weighted by Crippen LogP contribution is 2.16. The third-order valence-electron chi connectivity index (χ3n) is 9.93. The van der Waals surface area contributed by atoms with Crippen LogP contribution in [0.1, 0.15) is 232 Å². The summed E-state index contributed by atoms with van der Waals surface area (Å²) in [5.74, 6) is -0.0686. The van der Waals surface area contributed by atoms with Crippen LogP contribution in [0.3, 0.4) is 0 Å². The van der Waals surface area contributed by atoms with Gasteiger partial charge in [-0.25, -0.2) is 0 Å². The number of nitrogens with one attached hydrogen (secondary N) is 1. The van der Waals surface area contributed by atoms with Gasteiger partial charge in [-0.15, -0.1) is 0 Å². The van der Waals surface area contributed by atoms with E-state index in [1.54, 1.807) is 6.08 Å². The largest absolute Gasteiger partial charge is 0.394 e. The van der Waals surface area contributed by atoms with E-state index in [0.29, 0.717) is 6.42 Å². The zero-order valence-corrected chi connectivity index (χ0v) is 32.5. The molecule has 4 heteroatoms. The molecule has 0 radical (unpaired) electrons.